The molecule has 0 spiro atoms. The first-order valence-electron chi connectivity index (χ1n) is 8.02. The first-order valence-corrected chi connectivity index (χ1v) is 8.02. The van der Waals surface area contributed by atoms with Crippen molar-refractivity contribution in [3.8, 4) is 0 Å². The molecule has 0 saturated carbocycles. The van der Waals surface area contributed by atoms with Crippen LogP contribution in [0.2, 0.25) is 0 Å². The second-order valence-corrected chi connectivity index (χ2v) is 6.01. The molecule has 1 aliphatic rings. The van der Waals surface area contributed by atoms with Crippen LogP contribution in [0.1, 0.15) is 16.7 Å². The third-order valence-electron chi connectivity index (χ3n) is 4.16. The fourth-order valence-corrected chi connectivity index (χ4v) is 3.08. The van der Waals surface area contributed by atoms with Gasteiger partial charge in [0.25, 0.3) is 0 Å². The summed E-state index contributed by atoms with van der Waals surface area (Å²) in [6.45, 7) is 3.43. The summed E-state index contributed by atoms with van der Waals surface area (Å²) in [7, 11) is 0. The van der Waals surface area contributed by atoms with E-state index in [2.05, 4.69) is 29.3 Å². The number of benzene rings is 2. The second-order valence-electron chi connectivity index (χ2n) is 6.01. The highest BCUT2D eigenvalue weighted by Gasteiger charge is 2.22. The normalized spacial score (nSPS) is 13.2. The van der Waals surface area contributed by atoms with Crippen molar-refractivity contribution in [2.75, 3.05) is 5.32 Å². The first kappa shape index (κ1) is 16.0. The first-order chi connectivity index (χ1) is 11.6. The third-order valence-corrected chi connectivity index (χ3v) is 4.16. The molecule has 0 aliphatic heterocycles. The summed E-state index contributed by atoms with van der Waals surface area (Å²) in [5.74, 6) is -0.264. The highest BCUT2D eigenvalue weighted by Crippen LogP contribution is 2.21. The van der Waals surface area contributed by atoms with E-state index in [-0.39, 0.29) is 17.9 Å². The van der Waals surface area contributed by atoms with Crippen LogP contribution in [0.4, 0.5) is 5.69 Å². The van der Waals surface area contributed by atoms with E-state index in [9.17, 15) is 9.59 Å². The minimum Gasteiger partial charge on any atom is -0.352 e. The fourth-order valence-electron chi connectivity index (χ4n) is 3.08. The van der Waals surface area contributed by atoms with Gasteiger partial charge in [0.05, 0.1) is 6.42 Å². The topological polar surface area (TPSA) is 58.2 Å². The lowest BCUT2D eigenvalue weighted by atomic mass is 10.1. The zero-order valence-electron chi connectivity index (χ0n) is 13.4. The zero-order chi connectivity index (χ0) is 16.9. The lowest BCUT2D eigenvalue weighted by molar-refractivity contribution is -0.121. The number of anilines is 1. The second kappa shape index (κ2) is 7.13. The molecular weight excluding hydrogens is 300 g/mol. The highest BCUT2D eigenvalue weighted by atomic mass is 16.2. The lowest BCUT2D eigenvalue weighted by Crippen LogP contribution is -2.36. The predicted molar refractivity (Wildman–Crippen MR) is 94.8 cm³/mol. The summed E-state index contributed by atoms with van der Waals surface area (Å²) in [5, 5.41) is 5.80. The van der Waals surface area contributed by atoms with Crippen LogP contribution >= 0.6 is 0 Å². The van der Waals surface area contributed by atoms with Crippen LogP contribution in [-0.2, 0) is 28.9 Å². The number of rotatable bonds is 5. The number of hydrogen-bond donors (Lipinski definition) is 2. The molecule has 0 heterocycles. The fraction of sp³-hybridized carbons (Fsp3) is 0.200. The van der Waals surface area contributed by atoms with Gasteiger partial charge in [-0.3, -0.25) is 9.59 Å². The Hall–Kier alpha value is -2.88. The van der Waals surface area contributed by atoms with Crippen LogP contribution in [0.3, 0.4) is 0 Å². The van der Waals surface area contributed by atoms with Crippen molar-refractivity contribution in [1.82, 2.24) is 5.32 Å². The molecule has 0 radical (unpaired) electrons. The number of carbonyl (C=O) groups excluding carboxylic acids is 2. The summed E-state index contributed by atoms with van der Waals surface area (Å²) in [4.78, 5) is 23.6. The standard InChI is InChI=1S/C20H20N2O2/c1-2-19(23)21-17-9-5-6-14(10-17)11-20(24)22-18-12-15-7-3-4-8-16(15)13-18/h2-10,18H,1,11-13H2,(H,21,23)(H,22,24). The molecule has 2 amide bonds. The molecule has 122 valence electrons. The maximum Gasteiger partial charge on any atom is 0.247 e. The Balaban J connectivity index is 1.57. The molecule has 0 unspecified atom stereocenters. The summed E-state index contributed by atoms with van der Waals surface area (Å²) in [5.41, 5.74) is 4.16. The van der Waals surface area contributed by atoms with E-state index in [1.807, 2.05) is 30.3 Å². The predicted octanol–water partition coefficient (Wildman–Crippen LogP) is 2.64. The maximum absolute atomic E-state index is 12.3. The van der Waals surface area contributed by atoms with Crippen LogP contribution in [0.25, 0.3) is 0 Å². The molecule has 0 aromatic heterocycles. The lowest BCUT2D eigenvalue weighted by Gasteiger charge is -2.12. The van der Waals surface area contributed by atoms with Gasteiger partial charge < -0.3 is 10.6 Å². The molecule has 4 nitrogen and oxygen atoms in total. The Morgan fingerprint density at radius 3 is 2.46 bits per heavy atom. The van der Waals surface area contributed by atoms with Crippen molar-refractivity contribution in [3.63, 3.8) is 0 Å². The third kappa shape index (κ3) is 3.90. The number of fused-ring (bicyclic) bond motifs is 1. The Labute approximate surface area is 141 Å². The molecule has 2 N–H and O–H groups in total. The van der Waals surface area contributed by atoms with Crippen LogP contribution < -0.4 is 10.6 Å². The Kier molecular flexibility index (Phi) is 4.75. The van der Waals surface area contributed by atoms with Crippen molar-refractivity contribution < 1.29 is 9.59 Å². The van der Waals surface area contributed by atoms with E-state index >= 15 is 0 Å². The van der Waals surface area contributed by atoms with Gasteiger partial charge in [-0.2, -0.15) is 0 Å². The number of carbonyl (C=O) groups is 2. The van der Waals surface area contributed by atoms with Gasteiger partial charge >= 0.3 is 0 Å². The van der Waals surface area contributed by atoms with Crippen LogP contribution in [-0.4, -0.2) is 17.9 Å². The maximum atomic E-state index is 12.3. The van der Waals surface area contributed by atoms with Gasteiger partial charge in [0.15, 0.2) is 0 Å². The largest absolute Gasteiger partial charge is 0.352 e. The van der Waals surface area contributed by atoms with Crippen LogP contribution in [0.15, 0.2) is 61.2 Å². The van der Waals surface area contributed by atoms with Gasteiger partial charge in [0.1, 0.15) is 0 Å². The van der Waals surface area contributed by atoms with E-state index in [4.69, 9.17) is 0 Å². The van der Waals surface area contributed by atoms with E-state index in [0.29, 0.717) is 12.1 Å². The molecule has 2 aromatic carbocycles. The van der Waals surface area contributed by atoms with Crippen molar-refractivity contribution in [2.45, 2.75) is 25.3 Å². The minimum absolute atomic E-state index is 0.00000310. The molecule has 0 fully saturated rings. The van der Waals surface area contributed by atoms with Crippen LogP contribution in [0.5, 0.6) is 0 Å². The van der Waals surface area contributed by atoms with E-state index in [1.54, 1.807) is 6.07 Å². The summed E-state index contributed by atoms with van der Waals surface area (Å²) < 4.78 is 0. The van der Waals surface area contributed by atoms with Crippen molar-refractivity contribution in [3.05, 3.63) is 77.9 Å². The number of nitrogens with one attached hydrogen (secondary N) is 2. The molecule has 4 heteroatoms. The van der Waals surface area contributed by atoms with Gasteiger partial charge in [-0.25, -0.2) is 0 Å². The van der Waals surface area contributed by atoms with Gasteiger partial charge in [0.2, 0.25) is 11.8 Å². The van der Waals surface area contributed by atoms with E-state index < -0.39 is 0 Å². The van der Waals surface area contributed by atoms with Crippen LogP contribution in [0, 0.1) is 0 Å². The molecule has 0 atom stereocenters. The average Bonchev–Trinajstić information content (AvgIpc) is 2.96. The highest BCUT2D eigenvalue weighted by molar-refractivity contribution is 5.98. The van der Waals surface area contributed by atoms with E-state index in [0.717, 1.165) is 18.4 Å². The number of hydrogen-bond acceptors (Lipinski definition) is 2. The quantitative estimate of drug-likeness (QED) is 0.832. The van der Waals surface area contributed by atoms with E-state index in [1.165, 1.54) is 17.2 Å². The summed E-state index contributed by atoms with van der Waals surface area (Å²) in [6, 6.07) is 15.8. The Morgan fingerprint density at radius 2 is 1.79 bits per heavy atom. The Morgan fingerprint density at radius 1 is 1.08 bits per heavy atom. The molecule has 1 aliphatic carbocycles. The van der Waals surface area contributed by atoms with Gasteiger partial charge in [-0.15, -0.1) is 0 Å². The van der Waals surface area contributed by atoms with Crippen molar-refractivity contribution >= 4 is 17.5 Å². The molecular formula is C20H20N2O2. The molecule has 2 aromatic rings. The summed E-state index contributed by atoms with van der Waals surface area (Å²) in [6.07, 6.45) is 3.29. The smallest absolute Gasteiger partial charge is 0.247 e. The molecule has 0 bridgehead atoms. The Bertz CT molecular complexity index is 758. The SMILES string of the molecule is C=CC(=O)Nc1cccc(CC(=O)NC2Cc3ccccc3C2)c1. The zero-order valence-corrected chi connectivity index (χ0v) is 13.4. The van der Waals surface area contributed by atoms with Crippen molar-refractivity contribution in [2.24, 2.45) is 0 Å². The molecule has 3 rings (SSSR count). The minimum atomic E-state index is -0.264. The molecule has 0 saturated heterocycles. The monoisotopic (exact) mass is 320 g/mol. The van der Waals surface area contributed by atoms with Gasteiger partial charge in [0, 0.05) is 11.7 Å². The van der Waals surface area contributed by atoms with Gasteiger partial charge in [-0.1, -0.05) is 43.0 Å². The number of amides is 2. The molecule has 24 heavy (non-hydrogen) atoms. The summed E-state index contributed by atoms with van der Waals surface area (Å²) >= 11 is 0. The van der Waals surface area contributed by atoms with Gasteiger partial charge in [-0.05, 0) is 47.7 Å². The van der Waals surface area contributed by atoms with Crippen molar-refractivity contribution in [1.29, 1.82) is 0 Å². The average molecular weight is 320 g/mol.